The summed E-state index contributed by atoms with van der Waals surface area (Å²) in [5.41, 5.74) is 0.782. The lowest BCUT2D eigenvalue weighted by molar-refractivity contribution is -0.120. The van der Waals surface area contributed by atoms with Crippen LogP contribution in [0.1, 0.15) is 31.4 Å². The van der Waals surface area contributed by atoms with E-state index in [9.17, 15) is 9.18 Å². The quantitative estimate of drug-likeness (QED) is 0.818. The van der Waals surface area contributed by atoms with E-state index in [0.717, 1.165) is 18.4 Å². The van der Waals surface area contributed by atoms with Gasteiger partial charge in [0.25, 0.3) is 0 Å². The average molecular weight is 236 g/mol. The van der Waals surface area contributed by atoms with Crippen LogP contribution in [0.25, 0.3) is 0 Å². The monoisotopic (exact) mass is 236 g/mol. The van der Waals surface area contributed by atoms with Crippen LogP contribution in [0.5, 0.6) is 0 Å². The topological polar surface area (TPSA) is 41.1 Å². The van der Waals surface area contributed by atoms with Gasteiger partial charge in [0.1, 0.15) is 5.82 Å². The summed E-state index contributed by atoms with van der Waals surface area (Å²) in [5, 5.41) is 5.98. The second kappa shape index (κ2) is 5.27. The average Bonchev–Trinajstić information content (AvgIpc) is 3.10. The first kappa shape index (κ1) is 12.0. The van der Waals surface area contributed by atoms with Gasteiger partial charge in [-0.3, -0.25) is 4.79 Å². The highest BCUT2D eigenvalue weighted by molar-refractivity contribution is 5.78. The Morgan fingerprint density at radius 1 is 1.53 bits per heavy atom. The van der Waals surface area contributed by atoms with Gasteiger partial charge in [0.05, 0.1) is 12.6 Å². The molecule has 1 amide bonds. The second-order valence-corrected chi connectivity index (χ2v) is 4.50. The standard InChI is InChI=1S/C13H17FN2O/c1-9(10-3-2-4-11(14)7-10)16-13(17)8-15-12-5-6-12/h2-4,7,9,12,15H,5-6,8H2,1H3,(H,16,17). The van der Waals surface area contributed by atoms with Crippen LogP contribution in [0.3, 0.4) is 0 Å². The Kier molecular flexibility index (Phi) is 3.74. The van der Waals surface area contributed by atoms with Gasteiger partial charge in [-0.15, -0.1) is 0 Å². The fourth-order valence-electron chi connectivity index (χ4n) is 1.68. The van der Waals surface area contributed by atoms with Crippen molar-refractivity contribution in [3.05, 3.63) is 35.6 Å². The molecule has 3 nitrogen and oxygen atoms in total. The van der Waals surface area contributed by atoms with Gasteiger partial charge in [0.15, 0.2) is 0 Å². The van der Waals surface area contributed by atoms with E-state index in [4.69, 9.17) is 0 Å². The van der Waals surface area contributed by atoms with Crippen molar-refractivity contribution in [3.8, 4) is 0 Å². The molecule has 0 saturated heterocycles. The van der Waals surface area contributed by atoms with Gasteiger partial charge in [-0.05, 0) is 37.5 Å². The Hall–Kier alpha value is -1.42. The van der Waals surface area contributed by atoms with Gasteiger partial charge in [-0.25, -0.2) is 4.39 Å². The van der Waals surface area contributed by atoms with Crippen LogP contribution in [0, 0.1) is 5.82 Å². The van der Waals surface area contributed by atoms with E-state index in [1.807, 2.05) is 13.0 Å². The fraction of sp³-hybridized carbons (Fsp3) is 0.462. The molecular weight excluding hydrogens is 219 g/mol. The van der Waals surface area contributed by atoms with Gasteiger partial charge in [-0.1, -0.05) is 12.1 Å². The van der Waals surface area contributed by atoms with Crippen molar-refractivity contribution >= 4 is 5.91 Å². The maximum absolute atomic E-state index is 13.0. The van der Waals surface area contributed by atoms with Gasteiger partial charge in [-0.2, -0.15) is 0 Å². The SMILES string of the molecule is CC(NC(=O)CNC1CC1)c1cccc(F)c1. The van der Waals surface area contributed by atoms with E-state index in [2.05, 4.69) is 10.6 Å². The first-order valence-electron chi connectivity index (χ1n) is 5.93. The molecule has 1 aliphatic rings. The Balaban J connectivity index is 1.82. The summed E-state index contributed by atoms with van der Waals surface area (Å²) in [6.45, 7) is 2.19. The first-order valence-corrected chi connectivity index (χ1v) is 5.93. The number of carbonyl (C=O) groups is 1. The summed E-state index contributed by atoms with van der Waals surface area (Å²) in [6.07, 6.45) is 2.32. The van der Waals surface area contributed by atoms with Crippen LogP contribution in [-0.2, 0) is 4.79 Å². The lowest BCUT2D eigenvalue weighted by atomic mass is 10.1. The molecule has 1 aliphatic carbocycles. The molecule has 0 heterocycles. The Labute approximate surface area is 100 Å². The highest BCUT2D eigenvalue weighted by Crippen LogP contribution is 2.18. The van der Waals surface area contributed by atoms with Crippen molar-refractivity contribution in [2.45, 2.75) is 31.8 Å². The van der Waals surface area contributed by atoms with E-state index in [1.54, 1.807) is 6.07 Å². The highest BCUT2D eigenvalue weighted by atomic mass is 19.1. The van der Waals surface area contributed by atoms with E-state index >= 15 is 0 Å². The molecule has 17 heavy (non-hydrogen) atoms. The Morgan fingerprint density at radius 3 is 2.94 bits per heavy atom. The third kappa shape index (κ3) is 3.82. The van der Waals surface area contributed by atoms with Crippen LogP contribution in [-0.4, -0.2) is 18.5 Å². The molecule has 1 aromatic carbocycles. The van der Waals surface area contributed by atoms with Crippen molar-refractivity contribution in [2.75, 3.05) is 6.54 Å². The lowest BCUT2D eigenvalue weighted by Gasteiger charge is -2.14. The van der Waals surface area contributed by atoms with Gasteiger partial charge in [0.2, 0.25) is 5.91 Å². The molecule has 0 aromatic heterocycles. The number of amides is 1. The maximum atomic E-state index is 13.0. The van der Waals surface area contributed by atoms with Gasteiger partial charge in [0, 0.05) is 6.04 Å². The number of carbonyl (C=O) groups excluding carboxylic acids is 1. The summed E-state index contributed by atoms with van der Waals surface area (Å²) >= 11 is 0. The molecular formula is C13H17FN2O. The number of rotatable bonds is 5. The van der Waals surface area contributed by atoms with Crippen LogP contribution < -0.4 is 10.6 Å². The lowest BCUT2D eigenvalue weighted by Crippen LogP contribution is -2.36. The smallest absolute Gasteiger partial charge is 0.234 e. The molecule has 2 N–H and O–H groups in total. The fourth-order valence-corrected chi connectivity index (χ4v) is 1.68. The van der Waals surface area contributed by atoms with Crippen molar-refractivity contribution in [1.29, 1.82) is 0 Å². The molecule has 92 valence electrons. The van der Waals surface area contributed by atoms with E-state index in [1.165, 1.54) is 12.1 Å². The number of nitrogens with one attached hydrogen (secondary N) is 2. The molecule has 1 unspecified atom stereocenters. The molecule has 2 rings (SSSR count). The second-order valence-electron chi connectivity index (χ2n) is 4.50. The minimum absolute atomic E-state index is 0.0475. The summed E-state index contributed by atoms with van der Waals surface area (Å²) < 4.78 is 13.0. The van der Waals surface area contributed by atoms with E-state index in [0.29, 0.717) is 12.6 Å². The minimum atomic E-state index is -0.278. The minimum Gasteiger partial charge on any atom is -0.348 e. The zero-order valence-corrected chi connectivity index (χ0v) is 9.87. The zero-order valence-electron chi connectivity index (χ0n) is 9.87. The number of hydrogen-bond acceptors (Lipinski definition) is 2. The molecule has 1 aromatic rings. The van der Waals surface area contributed by atoms with Crippen molar-refractivity contribution in [3.63, 3.8) is 0 Å². The van der Waals surface area contributed by atoms with Gasteiger partial charge < -0.3 is 10.6 Å². The van der Waals surface area contributed by atoms with Gasteiger partial charge >= 0.3 is 0 Å². The highest BCUT2D eigenvalue weighted by Gasteiger charge is 2.21. The largest absolute Gasteiger partial charge is 0.348 e. The molecule has 0 radical (unpaired) electrons. The van der Waals surface area contributed by atoms with Crippen LogP contribution in [0.15, 0.2) is 24.3 Å². The predicted octanol–water partition coefficient (Wildman–Crippen LogP) is 1.75. The number of hydrogen-bond donors (Lipinski definition) is 2. The molecule has 0 spiro atoms. The molecule has 4 heteroatoms. The number of halogens is 1. The van der Waals surface area contributed by atoms with Crippen LogP contribution in [0.2, 0.25) is 0 Å². The van der Waals surface area contributed by atoms with Crippen molar-refractivity contribution < 1.29 is 9.18 Å². The first-order chi connectivity index (χ1) is 8.15. The summed E-state index contributed by atoms with van der Waals surface area (Å²) in [6, 6.07) is 6.65. The molecule has 0 aliphatic heterocycles. The van der Waals surface area contributed by atoms with Crippen molar-refractivity contribution in [2.24, 2.45) is 0 Å². The zero-order chi connectivity index (χ0) is 12.3. The molecule has 1 saturated carbocycles. The molecule has 0 bridgehead atoms. The maximum Gasteiger partial charge on any atom is 0.234 e. The third-order valence-electron chi connectivity index (χ3n) is 2.85. The Morgan fingerprint density at radius 2 is 2.29 bits per heavy atom. The normalized spacial score (nSPS) is 16.6. The summed E-state index contributed by atoms with van der Waals surface area (Å²) in [7, 11) is 0. The van der Waals surface area contributed by atoms with Crippen LogP contribution >= 0.6 is 0 Å². The summed E-state index contributed by atoms with van der Waals surface area (Å²) in [5.74, 6) is -0.326. The number of benzene rings is 1. The molecule has 1 fully saturated rings. The predicted molar refractivity (Wildman–Crippen MR) is 64.0 cm³/mol. The third-order valence-corrected chi connectivity index (χ3v) is 2.85. The van der Waals surface area contributed by atoms with Crippen LogP contribution in [0.4, 0.5) is 4.39 Å². The summed E-state index contributed by atoms with van der Waals surface area (Å²) in [4.78, 5) is 11.6. The van der Waals surface area contributed by atoms with E-state index < -0.39 is 0 Å². The van der Waals surface area contributed by atoms with E-state index in [-0.39, 0.29) is 17.8 Å². The van der Waals surface area contributed by atoms with Crippen molar-refractivity contribution in [1.82, 2.24) is 10.6 Å². The molecule has 1 atom stereocenters. The Bertz CT molecular complexity index is 404.